The summed E-state index contributed by atoms with van der Waals surface area (Å²) in [7, 11) is 0. The zero-order chi connectivity index (χ0) is 38.0. The first-order chi connectivity index (χ1) is 26.4. The number of benzene rings is 3. The average Bonchev–Trinajstić information content (AvgIpc) is 3.19. The van der Waals surface area contributed by atoms with Gasteiger partial charge in [-0.2, -0.15) is 5.26 Å². The number of carbonyl (C=O) groups is 3. The molecule has 0 saturated carbocycles. The molecule has 1 unspecified atom stereocenters. The topological polar surface area (TPSA) is 182 Å². The lowest BCUT2D eigenvalue weighted by Gasteiger charge is -2.26. The normalized spacial score (nSPS) is 13.4. The number of aliphatic carboxylic acids is 1. The quantitative estimate of drug-likeness (QED) is 0.0913. The molecule has 13 nitrogen and oxygen atoms in total. The van der Waals surface area contributed by atoms with Crippen LogP contribution >= 0.6 is 0 Å². The second kappa shape index (κ2) is 21.2. The van der Waals surface area contributed by atoms with Gasteiger partial charge < -0.3 is 34.7 Å². The molecule has 0 saturated heterocycles. The summed E-state index contributed by atoms with van der Waals surface area (Å²) in [6.07, 6.45) is 5.74. The van der Waals surface area contributed by atoms with Crippen LogP contribution in [0.4, 0.5) is 5.69 Å². The molecular weight excluding hydrogens is 690 g/mol. The summed E-state index contributed by atoms with van der Waals surface area (Å²) >= 11 is 0. The number of carboxylic acid groups (broad SMARTS) is 1. The van der Waals surface area contributed by atoms with E-state index in [4.69, 9.17) is 24.1 Å². The van der Waals surface area contributed by atoms with E-state index in [0.717, 1.165) is 36.8 Å². The summed E-state index contributed by atoms with van der Waals surface area (Å²) in [6, 6.07) is 23.9. The number of carbonyl (C=O) groups excluding carboxylic acids is 2. The first kappa shape index (κ1) is 39.7. The van der Waals surface area contributed by atoms with E-state index in [1.54, 1.807) is 30.3 Å². The van der Waals surface area contributed by atoms with Gasteiger partial charge in [-0.3, -0.25) is 14.4 Å². The average molecular weight is 736 g/mol. The Morgan fingerprint density at radius 1 is 0.833 bits per heavy atom. The SMILES string of the molecule is N#Cc1ccc(NC(=O)c2cccc(CCCOCCOCCOCCOCCC(=O)O)c2)c(-c2nccc(C(=O)NC3CCCc4ccccc43)n2)c1. The number of nitrogens with zero attached hydrogens (tertiary/aromatic N) is 3. The number of aryl methyl sites for hydroxylation is 2. The molecule has 0 radical (unpaired) electrons. The number of rotatable bonds is 21. The smallest absolute Gasteiger partial charge is 0.305 e. The maximum Gasteiger partial charge on any atom is 0.305 e. The van der Waals surface area contributed by atoms with Crippen molar-refractivity contribution in [2.24, 2.45) is 0 Å². The Bertz CT molecular complexity index is 1910. The molecule has 0 fully saturated rings. The number of aromatic nitrogens is 2. The van der Waals surface area contributed by atoms with E-state index in [9.17, 15) is 19.6 Å². The lowest BCUT2D eigenvalue weighted by Crippen LogP contribution is -2.31. The molecule has 1 heterocycles. The number of nitrogens with one attached hydrogen (secondary N) is 2. The zero-order valence-corrected chi connectivity index (χ0v) is 30.1. The van der Waals surface area contributed by atoms with Crippen LogP contribution in [0.1, 0.15) is 74.8 Å². The molecule has 4 aromatic rings. The Kier molecular flexibility index (Phi) is 15.6. The van der Waals surface area contributed by atoms with Crippen molar-refractivity contribution in [1.82, 2.24) is 15.3 Å². The number of hydrogen-bond acceptors (Lipinski definition) is 10. The summed E-state index contributed by atoms with van der Waals surface area (Å²) in [6.45, 7) is 3.13. The van der Waals surface area contributed by atoms with E-state index in [0.29, 0.717) is 75.0 Å². The molecule has 1 aliphatic carbocycles. The first-order valence-electron chi connectivity index (χ1n) is 18.1. The number of amides is 2. The van der Waals surface area contributed by atoms with Crippen LogP contribution in [0.15, 0.2) is 79.0 Å². The van der Waals surface area contributed by atoms with Gasteiger partial charge in [0.25, 0.3) is 11.8 Å². The van der Waals surface area contributed by atoms with Crippen LogP contribution in [0.2, 0.25) is 0 Å². The van der Waals surface area contributed by atoms with Gasteiger partial charge in [-0.25, -0.2) is 9.97 Å². The molecule has 5 rings (SSSR count). The Morgan fingerprint density at radius 2 is 1.57 bits per heavy atom. The van der Waals surface area contributed by atoms with E-state index in [-0.39, 0.29) is 42.4 Å². The van der Waals surface area contributed by atoms with Gasteiger partial charge in [0.15, 0.2) is 5.82 Å². The first-order valence-corrected chi connectivity index (χ1v) is 18.1. The van der Waals surface area contributed by atoms with E-state index in [1.165, 1.54) is 11.8 Å². The molecule has 1 atom stereocenters. The summed E-state index contributed by atoms with van der Waals surface area (Å²) < 4.78 is 21.7. The lowest BCUT2D eigenvalue weighted by molar-refractivity contribution is -0.138. The highest BCUT2D eigenvalue weighted by molar-refractivity contribution is 6.06. The van der Waals surface area contributed by atoms with Gasteiger partial charge >= 0.3 is 5.97 Å². The standard InChI is InChI=1S/C41H45N5O8/c42-28-30-13-14-36(34(27-30)39-43-17-15-37(44-39)41(50)46-35-12-4-9-31-8-1-2-11-33(31)35)45-40(49)32-10-3-6-29(26-32)7-5-18-51-20-22-53-24-25-54-23-21-52-19-16-38(47)48/h1-3,6,8,10-11,13-15,17,26-27,35H,4-5,7,9,12,16,18-25H2,(H,45,49)(H,46,50)(H,47,48). The van der Waals surface area contributed by atoms with Crippen molar-refractivity contribution in [1.29, 1.82) is 5.26 Å². The molecule has 282 valence electrons. The lowest BCUT2D eigenvalue weighted by atomic mass is 9.87. The fraction of sp³-hybridized carbons (Fsp3) is 0.366. The molecule has 1 aliphatic rings. The molecule has 2 amide bonds. The van der Waals surface area contributed by atoms with Crippen molar-refractivity contribution < 1.29 is 38.4 Å². The van der Waals surface area contributed by atoms with Crippen molar-refractivity contribution in [3.63, 3.8) is 0 Å². The third-order valence-corrected chi connectivity index (χ3v) is 8.72. The Hall–Kier alpha value is -5.52. The van der Waals surface area contributed by atoms with Gasteiger partial charge in [-0.05, 0) is 85.2 Å². The largest absolute Gasteiger partial charge is 0.481 e. The third kappa shape index (κ3) is 12.3. The molecule has 3 N–H and O–H groups in total. The van der Waals surface area contributed by atoms with Crippen LogP contribution in [-0.2, 0) is 36.6 Å². The summed E-state index contributed by atoms with van der Waals surface area (Å²) in [5.74, 6) is -1.34. The van der Waals surface area contributed by atoms with Crippen LogP contribution < -0.4 is 10.6 Å². The Balaban J connectivity index is 1.09. The number of carboxylic acids is 1. The van der Waals surface area contributed by atoms with Gasteiger partial charge in [-0.1, -0.05) is 36.4 Å². The maximum absolute atomic E-state index is 13.5. The van der Waals surface area contributed by atoms with Crippen LogP contribution in [0.25, 0.3) is 11.4 Å². The van der Waals surface area contributed by atoms with Crippen LogP contribution in [0.5, 0.6) is 0 Å². The molecule has 0 bridgehead atoms. The van der Waals surface area contributed by atoms with Gasteiger partial charge in [0.05, 0.1) is 76.0 Å². The fourth-order valence-corrected chi connectivity index (χ4v) is 6.02. The van der Waals surface area contributed by atoms with Gasteiger partial charge in [0, 0.05) is 23.9 Å². The molecular formula is C41H45N5O8. The van der Waals surface area contributed by atoms with E-state index < -0.39 is 5.97 Å². The predicted molar refractivity (Wildman–Crippen MR) is 200 cm³/mol. The summed E-state index contributed by atoms with van der Waals surface area (Å²) in [5, 5.41) is 24.3. The van der Waals surface area contributed by atoms with Crippen molar-refractivity contribution in [3.05, 3.63) is 113 Å². The number of nitriles is 1. The highest BCUT2D eigenvalue weighted by Gasteiger charge is 2.23. The minimum absolute atomic E-state index is 0.0243. The molecule has 0 aliphatic heterocycles. The minimum Gasteiger partial charge on any atom is -0.481 e. The van der Waals surface area contributed by atoms with E-state index >= 15 is 0 Å². The van der Waals surface area contributed by atoms with E-state index in [2.05, 4.69) is 32.7 Å². The monoisotopic (exact) mass is 735 g/mol. The Morgan fingerprint density at radius 3 is 2.33 bits per heavy atom. The van der Waals surface area contributed by atoms with E-state index in [1.807, 2.05) is 36.4 Å². The molecule has 13 heteroatoms. The van der Waals surface area contributed by atoms with Crippen molar-refractivity contribution in [2.75, 3.05) is 58.2 Å². The number of fused-ring (bicyclic) bond motifs is 1. The highest BCUT2D eigenvalue weighted by atomic mass is 16.6. The minimum atomic E-state index is -0.890. The molecule has 0 spiro atoms. The number of hydrogen-bond donors (Lipinski definition) is 3. The second-order valence-corrected chi connectivity index (χ2v) is 12.6. The van der Waals surface area contributed by atoms with Crippen molar-refractivity contribution in [2.45, 2.75) is 44.6 Å². The highest BCUT2D eigenvalue weighted by Crippen LogP contribution is 2.30. The van der Waals surface area contributed by atoms with Crippen LogP contribution in [0.3, 0.4) is 0 Å². The fourth-order valence-electron chi connectivity index (χ4n) is 6.02. The third-order valence-electron chi connectivity index (χ3n) is 8.72. The van der Waals surface area contributed by atoms with Crippen molar-refractivity contribution >= 4 is 23.5 Å². The molecule has 1 aromatic heterocycles. The van der Waals surface area contributed by atoms with Gasteiger partial charge in [0.2, 0.25) is 0 Å². The summed E-state index contributed by atoms with van der Waals surface area (Å²) in [5.41, 5.74) is 5.18. The summed E-state index contributed by atoms with van der Waals surface area (Å²) in [4.78, 5) is 46.2. The van der Waals surface area contributed by atoms with Crippen LogP contribution in [-0.4, -0.2) is 85.7 Å². The Labute approximate surface area is 314 Å². The van der Waals surface area contributed by atoms with Crippen LogP contribution in [0, 0.1) is 11.3 Å². The number of anilines is 1. The van der Waals surface area contributed by atoms with Crippen molar-refractivity contribution in [3.8, 4) is 17.5 Å². The van der Waals surface area contributed by atoms with Gasteiger partial charge in [-0.15, -0.1) is 0 Å². The predicted octanol–water partition coefficient (Wildman–Crippen LogP) is 5.55. The second-order valence-electron chi connectivity index (χ2n) is 12.6. The molecule has 54 heavy (non-hydrogen) atoms. The molecule has 3 aromatic carbocycles. The van der Waals surface area contributed by atoms with Gasteiger partial charge in [0.1, 0.15) is 5.69 Å². The zero-order valence-electron chi connectivity index (χ0n) is 30.1. The number of ether oxygens (including phenoxy) is 4. The maximum atomic E-state index is 13.5.